The van der Waals surface area contributed by atoms with E-state index in [1.807, 2.05) is 39.8 Å². The molecular formula is C25H31N5O2S. The monoisotopic (exact) mass is 465 g/mol. The number of aromatic nitrogens is 2. The maximum Gasteiger partial charge on any atom is 0.410 e. The Labute approximate surface area is 198 Å². The Morgan fingerprint density at radius 1 is 1.24 bits per heavy atom. The van der Waals surface area contributed by atoms with E-state index in [9.17, 15) is 4.79 Å². The normalized spacial score (nSPS) is 15.3. The van der Waals surface area contributed by atoms with Crippen molar-refractivity contribution in [3.05, 3.63) is 52.7 Å². The van der Waals surface area contributed by atoms with Crippen molar-refractivity contribution in [1.82, 2.24) is 14.9 Å². The molecule has 0 radical (unpaired) electrons. The minimum absolute atomic E-state index is 0.0483. The van der Waals surface area contributed by atoms with Crippen LogP contribution in [-0.2, 0) is 4.74 Å². The molecule has 1 amide bonds. The molecule has 0 unspecified atom stereocenters. The second kappa shape index (κ2) is 9.02. The largest absolute Gasteiger partial charge is 0.444 e. The number of rotatable bonds is 4. The number of benzene rings is 1. The van der Waals surface area contributed by atoms with Gasteiger partial charge in [-0.2, -0.15) is 0 Å². The number of carbonyl (C=O) groups excluding carboxylic acids is 1. The number of amides is 1. The summed E-state index contributed by atoms with van der Waals surface area (Å²) in [5.41, 5.74) is 10.7. The molecule has 0 spiro atoms. The van der Waals surface area contributed by atoms with Crippen molar-refractivity contribution < 1.29 is 9.53 Å². The van der Waals surface area contributed by atoms with Gasteiger partial charge in [-0.3, -0.25) is 0 Å². The molecule has 1 aliphatic rings. The number of carbonyl (C=O) groups is 1. The van der Waals surface area contributed by atoms with Crippen molar-refractivity contribution in [1.29, 1.82) is 0 Å². The first-order valence-corrected chi connectivity index (χ1v) is 12.0. The lowest BCUT2D eigenvalue weighted by Crippen LogP contribution is -2.39. The number of fused-ring (bicyclic) bond motifs is 1. The SMILES string of the molecule is Cc1cc(N)cc([C@@H](C)Nc2ncnc3cc(C4=CCN(C(=O)OC(C)(C)C)CC4)sc23)c1. The maximum absolute atomic E-state index is 12.3. The fourth-order valence-corrected chi connectivity index (χ4v) is 5.01. The molecule has 3 aromatic rings. The lowest BCUT2D eigenvalue weighted by molar-refractivity contribution is 0.0270. The summed E-state index contributed by atoms with van der Waals surface area (Å²) < 4.78 is 6.52. The second-order valence-corrected chi connectivity index (χ2v) is 10.5. The first kappa shape index (κ1) is 23.0. The summed E-state index contributed by atoms with van der Waals surface area (Å²) in [6.45, 7) is 11.0. The van der Waals surface area contributed by atoms with Crippen molar-refractivity contribution in [2.45, 2.75) is 52.7 Å². The Morgan fingerprint density at radius 2 is 2.03 bits per heavy atom. The molecule has 0 aliphatic carbocycles. The van der Waals surface area contributed by atoms with Crippen LogP contribution >= 0.6 is 11.3 Å². The van der Waals surface area contributed by atoms with Crippen LogP contribution in [0.15, 0.2) is 36.7 Å². The fourth-order valence-electron chi connectivity index (χ4n) is 3.88. The van der Waals surface area contributed by atoms with Gasteiger partial charge < -0.3 is 20.7 Å². The summed E-state index contributed by atoms with van der Waals surface area (Å²) in [5, 5.41) is 3.53. The van der Waals surface area contributed by atoms with Gasteiger partial charge in [-0.05, 0) is 75.9 Å². The number of hydrogen-bond acceptors (Lipinski definition) is 7. The van der Waals surface area contributed by atoms with Gasteiger partial charge >= 0.3 is 6.09 Å². The highest BCUT2D eigenvalue weighted by Crippen LogP contribution is 2.36. The van der Waals surface area contributed by atoms with Crippen molar-refractivity contribution in [2.24, 2.45) is 0 Å². The number of aryl methyl sites for hydroxylation is 1. The van der Waals surface area contributed by atoms with Gasteiger partial charge in [0, 0.05) is 23.7 Å². The average Bonchev–Trinajstić information content (AvgIpc) is 3.17. The Balaban J connectivity index is 1.52. The summed E-state index contributed by atoms with van der Waals surface area (Å²) in [7, 11) is 0. The van der Waals surface area contributed by atoms with E-state index < -0.39 is 5.60 Å². The number of nitrogen functional groups attached to an aromatic ring is 1. The van der Waals surface area contributed by atoms with Crippen LogP contribution in [0.25, 0.3) is 15.8 Å². The van der Waals surface area contributed by atoms with Crippen LogP contribution in [0.5, 0.6) is 0 Å². The van der Waals surface area contributed by atoms with E-state index in [2.05, 4.69) is 40.4 Å². The molecule has 4 rings (SSSR count). The molecular weight excluding hydrogens is 434 g/mol. The molecule has 174 valence electrons. The van der Waals surface area contributed by atoms with Crippen molar-refractivity contribution in [3.8, 4) is 0 Å². The number of ether oxygens (including phenoxy) is 1. The lowest BCUT2D eigenvalue weighted by Gasteiger charge is -2.29. The fraction of sp³-hybridized carbons (Fsp3) is 0.400. The third kappa shape index (κ3) is 5.45. The predicted octanol–water partition coefficient (Wildman–Crippen LogP) is 5.78. The summed E-state index contributed by atoms with van der Waals surface area (Å²) in [5.74, 6) is 0.815. The number of hydrogen-bond donors (Lipinski definition) is 2. The number of nitrogens with one attached hydrogen (secondary N) is 1. The molecule has 7 nitrogen and oxygen atoms in total. The van der Waals surface area contributed by atoms with Gasteiger partial charge in [0.25, 0.3) is 0 Å². The van der Waals surface area contributed by atoms with Gasteiger partial charge in [-0.15, -0.1) is 11.3 Å². The Kier molecular flexibility index (Phi) is 6.30. The second-order valence-electron chi connectivity index (χ2n) is 9.50. The highest BCUT2D eigenvalue weighted by molar-refractivity contribution is 7.20. The van der Waals surface area contributed by atoms with Crippen LogP contribution in [0.3, 0.4) is 0 Å². The van der Waals surface area contributed by atoms with Gasteiger partial charge in [0.05, 0.1) is 16.3 Å². The van der Waals surface area contributed by atoms with Gasteiger partial charge in [-0.25, -0.2) is 14.8 Å². The van der Waals surface area contributed by atoms with Crippen LogP contribution < -0.4 is 11.1 Å². The number of anilines is 2. The zero-order valence-corrected chi connectivity index (χ0v) is 20.6. The van der Waals surface area contributed by atoms with E-state index in [0.29, 0.717) is 13.1 Å². The lowest BCUT2D eigenvalue weighted by atomic mass is 10.0. The van der Waals surface area contributed by atoms with E-state index in [4.69, 9.17) is 10.5 Å². The summed E-state index contributed by atoms with van der Waals surface area (Å²) in [6, 6.07) is 8.25. The van der Waals surface area contributed by atoms with Crippen molar-refractivity contribution in [2.75, 3.05) is 24.1 Å². The summed E-state index contributed by atoms with van der Waals surface area (Å²) in [4.78, 5) is 24.2. The average molecular weight is 466 g/mol. The third-order valence-corrected chi connectivity index (χ3v) is 6.67. The molecule has 8 heteroatoms. The van der Waals surface area contributed by atoms with Crippen LogP contribution in [-0.4, -0.2) is 39.7 Å². The van der Waals surface area contributed by atoms with Gasteiger partial charge in [0.1, 0.15) is 17.7 Å². The Morgan fingerprint density at radius 3 is 2.70 bits per heavy atom. The molecule has 3 N–H and O–H groups in total. The quantitative estimate of drug-likeness (QED) is 0.475. The zero-order chi connectivity index (χ0) is 23.8. The Hall–Kier alpha value is -3.13. The first-order valence-electron chi connectivity index (χ1n) is 11.1. The molecule has 1 aliphatic heterocycles. The minimum Gasteiger partial charge on any atom is -0.444 e. The maximum atomic E-state index is 12.3. The number of nitrogens with zero attached hydrogens (tertiary/aromatic N) is 3. The van der Waals surface area contributed by atoms with E-state index in [-0.39, 0.29) is 12.1 Å². The third-order valence-electron chi connectivity index (χ3n) is 5.46. The van der Waals surface area contributed by atoms with Gasteiger partial charge in [0.2, 0.25) is 0 Å². The molecule has 1 aromatic carbocycles. The molecule has 3 heterocycles. The van der Waals surface area contributed by atoms with Crippen LogP contribution in [0, 0.1) is 6.92 Å². The standard InChI is InChI=1S/C25H31N5O2S/c1-15-10-18(12-19(26)11-15)16(2)29-23-22-20(27-14-28-23)13-21(33-22)17-6-8-30(9-7-17)24(31)32-25(3,4)5/h6,10-14,16H,7-9,26H2,1-5H3,(H,27,28,29)/t16-/m1/s1. The number of nitrogens with two attached hydrogens (primary N) is 1. The zero-order valence-electron chi connectivity index (χ0n) is 19.8. The summed E-state index contributed by atoms with van der Waals surface area (Å²) >= 11 is 1.68. The molecule has 1 atom stereocenters. The highest BCUT2D eigenvalue weighted by atomic mass is 32.1. The molecule has 0 bridgehead atoms. The number of thiophene rings is 1. The van der Waals surface area contributed by atoms with Crippen LogP contribution in [0.4, 0.5) is 16.3 Å². The van der Waals surface area contributed by atoms with E-state index in [0.717, 1.165) is 44.1 Å². The molecule has 0 fully saturated rings. The molecule has 0 saturated heterocycles. The van der Waals surface area contributed by atoms with E-state index in [1.54, 1.807) is 22.6 Å². The predicted molar refractivity (Wildman–Crippen MR) is 135 cm³/mol. The van der Waals surface area contributed by atoms with Crippen LogP contribution in [0.1, 0.15) is 56.2 Å². The minimum atomic E-state index is -0.490. The van der Waals surface area contributed by atoms with E-state index >= 15 is 0 Å². The molecule has 2 aromatic heterocycles. The molecule has 0 saturated carbocycles. The van der Waals surface area contributed by atoms with Crippen LogP contribution in [0.2, 0.25) is 0 Å². The van der Waals surface area contributed by atoms with E-state index in [1.165, 1.54) is 5.57 Å². The Bertz CT molecular complexity index is 1190. The van der Waals surface area contributed by atoms with Crippen molar-refractivity contribution in [3.63, 3.8) is 0 Å². The highest BCUT2D eigenvalue weighted by Gasteiger charge is 2.24. The van der Waals surface area contributed by atoms with Crippen molar-refractivity contribution >= 4 is 44.7 Å². The smallest absolute Gasteiger partial charge is 0.410 e. The molecule has 33 heavy (non-hydrogen) atoms. The van der Waals surface area contributed by atoms with Gasteiger partial charge in [-0.1, -0.05) is 12.1 Å². The van der Waals surface area contributed by atoms with Gasteiger partial charge in [0.15, 0.2) is 0 Å². The topological polar surface area (TPSA) is 93.4 Å². The summed E-state index contributed by atoms with van der Waals surface area (Å²) in [6.07, 6.45) is 4.22. The first-order chi connectivity index (χ1) is 15.6.